The van der Waals surface area contributed by atoms with Gasteiger partial charge in [-0.25, -0.2) is 9.97 Å². The summed E-state index contributed by atoms with van der Waals surface area (Å²) in [4.78, 5) is 30.8. The van der Waals surface area contributed by atoms with Gasteiger partial charge in [0.25, 0.3) is 0 Å². The quantitative estimate of drug-likeness (QED) is 0.140. The third-order valence-corrected chi connectivity index (χ3v) is 9.10. The lowest BCUT2D eigenvalue weighted by molar-refractivity contribution is 0.103. The van der Waals surface area contributed by atoms with Crippen molar-refractivity contribution in [3.05, 3.63) is 169 Å². The van der Waals surface area contributed by atoms with Gasteiger partial charge < -0.3 is 19.4 Å². The van der Waals surface area contributed by atoms with Gasteiger partial charge in [0.2, 0.25) is 0 Å². The molecule has 0 aliphatic carbocycles. The largest absolute Gasteiger partial charge is 0.497 e. The number of hydrogen-bond acceptors (Lipinski definition) is 5. The molecule has 2 heterocycles. The highest BCUT2D eigenvalue weighted by atomic mass is 16.5. The average Bonchev–Trinajstić information content (AvgIpc) is 3.88. The molecule has 7 heteroatoms. The summed E-state index contributed by atoms with van der Waals surface area (Å²) < 4.78 is 10.7. The number of H-pyrrole nitrogens is 2. The van der Waals surface area contributed by atoms with Crippen molar-refractivity contribution in [2.24, 2.45) is 0 Å². The molecule has 0 saturated carbocycles. The molecule has 6 aromatic carbocycles. The number of aromatic nitrogens is 4. The van der Waals surface area contributed by atoms with Gasteiger partial charge in [0, 0.05) is 44.5 Å². The molecular weight excluding hydrogens is 645 g/mol. The molecule has 0 bridgehead atoms. The van der Waals surface area contributed by atoms with Crippen molar-refractivity contribution in [1.82, 2.24) is 19.9 Å². The highest BCUT2D eigenvalue weighted by Gasteiger charge is 2.19. The van der Waals surface area contributed by atoms with Crippen molar-refractivity contribution in [3.8, 4) is 79.3 Å². The molecule has 2 N–H and O–H groups in total. The molecule has 252 valence electrons. The molecular formula is C45H34N4O3. The first-order chi connectivity index (χ1) is 25.6. The zero-order valence-electron chi connectivity index (χ0n) is 28.6. The lowest BCUT2D eigenvalue weighted by Crippen LogP contribution is -2.01. The van der Waals surface area contributed by atoms with Crippen LogP contribution in [0.25, 0.3) is 67.8 Å². The summed E-state index contributed by atoms with van der Waals surface area (Å²) >= 11 is 0. The van der Waals surface area contributed by atoms with Crippen LogP contribution in [0.4, 0.5) is 0 Å². The number of benzene rings is 6. The van der Waals surface area contributed by atoms with Crippen LogP contribution in [0.15, 0.2) is 158 Å². The van der Waals surface area contributed by atoms with Gasteiger partial charge >= 0.3 is 0 Å². The molecule has 52 heavy (non-hydrogen) atoms. The van der Waals surface area contributed by atoms with Crippen LogP contribution < -0.4 is 9.47 Å². The van der Waals surface area contributed by atoms with Crippen LogP contribution in [0.3, 0.4) is 0 Å². The zero-order valence-corrected chi connectivity index (χ0v) is 28.6. The van der Waals surface area contributed by atoms with Crippen molar-refractivity contribution in [2.75, 3.05) is 14.2 Å². The standard InChI is InChI=1S/C45H34N4O3/c1-51-37-25-21-35(22-26-37)44-46-39(29-9-5-3-6-10-29)41(48-44)31-13-17-33(18-14-31)43(50)34-19-15-32(16-20-34)42-40(30-11-7-4-8-12-30)47-45(49-42)36-23-27-38(52-2)28-24-36/h3-28H,1-2H3,(H,46,48)(H,47,49). The number of methoxy groups -OCH3 is 2. The lowest BCUT2D eigenvalue weighted by atomic mass is 9.98. The topological polar surface area (TPSA) is 92.9 Å². The van der Waals surface area contributed by atoms with Crippen LogP contribution in [-0.2, 0) is 0 Å². The van der Waals surface area contributed by atoms with E-state index in [1.165, 1.54) is 0 Å². The van der Waals surface area contributed by atoms with Gasteiger partial charge in [-0.15, -0.1) is 0 Å². The van der Waals surface area contributed by atoms with Crippen molar-refractivity contribution in [2.45, 2.75) is 0 Å². The highest BCUT2D eigenvalue weighted by Crippen LogP contribution is 2.35. The van der Waals surface area contributed by atoms with E-state index >= 15 is 0 Å². The highest BCUT2D eigenvalue weighted by molar-refractivity contribution is 6.09. The number of ether oxygens (including phenoxy) is 2. The first-order valence-corrected chi connectivity index (χ1v) is 16.9. The Balaban J connectivity index is 1.08. The SMILES string of the molecule is COc1ccc(-c2nc(-c3ccc(C(=O)c4ccc(-c5[nH]c(-c6ccc(OC)cc6)nc5-c5ccccc5)cc4)cc3)c(-c3ccccc3)[nH]2)cc1. The summed E-state index contributed by atoms with van der Waals surface area (Å²) in [5.41, 5.74) is 10.4. The van der Waals surface area contributed by atoms with Crippen LogP contribution in [0, 0.1) is 0 Å². The summed E-state index contributed by atoms with van der Waals surface area (Å²) in [6, 6.07) is 51.2. The molecule has 0 spiro atoms. The predicted octanol–water partition coefficient (Wildman–Crippen LogP) is 10.4. The summed E-state index contributed by atoms with van der Waals surface area (Å²) in [7, 11) is 3.30. The maximum atomic E-state index is 13.7. The van der Waals surface area contributed by atoms with E-state index in [9.17, 15) is 4.79 Å². The van der Waals surface area contributed by atoms with E-state index in [0.29, 0.717) is 11.1 Å². The maximum absolute atomic E-state index is 13.7. The van der Waals surface area contributed by atoms with E-state index < -0.39 is 0 Å². The second-order valence-electron chi connectivity index (χ2n) is 12.3. The second-order valence-corrected chi connectivity index (χ2v) is 12.3. The molecule has 7 nitrogen and oxygen atoms in total. The predicted molar refractivity (Wildman–Crippen MR) is 206 cm³/mol. The third kappa shape index (κ3) is 6.39. The number of nitrogens with one attached hydrogen (secondary N) is 2. The van der Waals surface area contributed by atoms with Crippen molar-refractivity contribution in [3.63, 3.8) is 0 Å². The fourth-order valence-electron chi connectivity index (χ4n) is 6.29. The fraction of sp³-hybridized carbons (Fsp3) is 0.0444. The number of carbonyl (C=O) groups is 1. The minimum absolute atomic E-state index is 0.0610. The molecule has 0 saturated heterocycles. The molecule has 0 fully saturated rings. The molecule has 2 aromatic heterocycles. The Labute approximate surface area is 301 Å². The van der Waals surface area contributed by atoms with Crippen LogP contribution in [0.5, 0.6) is 11.5 Å². The van der Waals surface area contributed by atoms with Crippen molar-refractivity contribution >= 4 is 5.78 Å². The molecule has 0 aliphatic rings. The first-order valence-electron chi connectivity index (χ1n) is 16.9. The maximum Gasteiger partial charge on any atom is 0.193 e. The molecule has 8 aromatic rings. The second kappa shape index (κ2) is 14.1. The lowest BCUT2D eigenvalue weighted by Gasteiger charge is -2.07. The van der Waals surface area contributed by atoms with E-state index in [0.717, 1.165) is 79.3 Å². The molecule has 0 aliphatic heterocycles. The number of nitrogens with zero attached hydrogens (tertiary/aromatic N) is 2. The Morgan fingerprint density at radius 1 is 0.423 bits per heavy atom. The smallest absolute Gasteiger partial charge is 0.193 e. The summed E-state index contributed by atoms with van der Waals surface area (Å²) in [6.07, 6.45) is 0. The Morgan fingerprint density at radius 2 is 0.769 bits per heavy atom. The number of rotatable bonds is 10. The molecule has 0 unspecified atom stereocenters. The number of ketones is 1. The normalized spacial score (nSPS) is 11.0. The van der Waals surface area contributed by atoms with Crippen LogP contribution in [0.2, 0.25) is 0 Å². The fourth-order valence-corrected chi connectivity index (χ4v) is 6.29. The Hall–Kier alpha value is -6.99. The number of imidazole rings is 2. The Bertz CT molecular complexity index is 2270. The minimum atomic E-state index is -0.0610. The Morgan fingerprint density at radius 3 is 1.19 bits per heavy atom. The van der Waals surface area contributed by atoms with E-state index in [-0.39, 0.29) is 5.78 Å². The first kappa shape index (κ1) is 32.2. The van der Waals surface area contributed by atoms with Gasteiger partial charge in [0.1, 0.15) is 23.1 Å². The Kier molecular flexibility index (Phi) is 8.73. The van der Waals surface area contributed by atoms with Crippen LogP contribution in [-0.4, -0.2) is 39.9 Å². The zero-order chi connectivity index (χ0) is 35.4. The van der Waals surface area contributed by atoms with Gasteiger partial charge in [-0.1, -0.05) is 109 Å². The number of aromatic amines is 2. The van der Waals surface area contributed by atoms with Crippen molar-refractivity contribution in [1.29, 1.82) is 0 Å². The monoisotopic (exact) mass is 678 g/mol. The summed E-state index contributed by atoms with van der Waals surface area (Å²) in [5.74, 6) is 3.01. The third-order valence-electron chi connectivity index (χ3n) is 9.10. The van der Waals surface area contributed by atoms with E-state index in [1.54, 1.807) is 14.2 Å². The molecule has 0 radical (unpaired) electrons. The van der Waals surface area contributed by atoms with Gasteiger partial charge in [-0.2, -0.15) is 0 Å². The number of carbonyl (C=O) groups excluding carboxylic acids is 1. The molecule has 0 amide bonds. The van der Waals surface area contributed by atoms with Gasteiger partial charge in [0.15, 0.2) is 5.78 Å². The average molecular weight is 679 g/mol. The van der Waals surface area contributed by atoms with Crippen molar-refractivity contribution < 1.29 is 14.3 Å². The van der Waals surface area contributed by atoms with Crippen LogP contribution in [0.1, 0.15) is 15.9 Å². The molecule has 0 atom stereocenters. The van der Waals surface area contributed by atoms with E-state index in [2.05, 4.69) is 22.1 Å². The number of hydrogen-bond donors (Lipinski definition) is 2. The van der Waals surface area contributed by atoms with E-state index in [1.807, 2.05) is 146 Å². The summed E-state index contributed by atoms with van der Waals surface area (Å²) in [5, 5.41) is 0. The van der Waals surface area contributed by atoms with Gasteiger partial charge in [0.05, 0.1) is 37.0 Å². The minimum Gasteiger partial charge on any atom is -0.497 e. The van der Waals surface area contributed by atoms with Crippen LogP contribution >= 0.6 is 0 Å². The van der Waals surface area contributed by atoms with Gasteiger partial charge in [-0.3, -0.25) is 4.79 Å². The summed E-state index contributed by atoms with van der Waals surface area (Å²) in [6.45, 7) is 0. The van der Waals surface area contributed by atoms with E-state index in [4.69, 9.17) is 19.4 Å². The van der Waals surface area contributed by atoms with Gasteiger partial charge in [-0.05, 0) is 48.5 Å². The molecule has 8 rings (SSSR count).